The van der Waals surface area contributed by atoms with Crippen molar-refractivity contribution in [2.75, 3.05) is 26.3 Å². The number of thioether (sulfide) groups is 1. The van der Waals surface area contributed by atoms with Gasteiger partial charge in [-0.2, -0.15) is 0 Å². The molecule has 0 aromatic rings. The maximum atomic E-state index is 14.4. The molecule has 0 bridgehead atoms. The average molecular weight is 519 g/mol. The number of cyclic esters (lactones) is 1. The molecule has 1 unspecified atom stereocenters. The van der Waals surface area contributed by atoms with Crippen molar-refractivity contribution >= 4 is 29.5 Å². The van der Waals surface area contributed by atoms with Gasteiger partial charge in [0, 0.05) is 30.5 Å². The second kappa shape index (κ2) is 10.2. The van der Waals surface area contributed by atoms with Crippen LogP contribution in [-0.4, -0.2) is 80.6 Å². The Morgan fingerprint density at radius 3 is 2.56 bits per heavy atom. The lowest BCUT2D eigenvalue weighted by Crippen LogP contribution is -2.58. The Bertz CT molecular complexity index is 939. The molecular weight excluding hydrogens is 476 g/mol. The number of likely N-dealkylation sites (tertiary alicyclic amines) is 1. The van der Waals surface area contributed by atoms with E-state index in [4.69, 9.17) is 4.74 Å². The molecule has 200 valence electrons. The third-order valence-corrected chi connectivity index (χ3v) is 9.60. The lowest BCUT2D eigenvalue weighted by Gasteiger charge is -2.44. The minimum absolute atomic E-state index is 0.0151. The summed E-state index contributed by atoms with van der Waals surface area (Å²) < 4.78 is 4.81. The monoisotopic (exact) mass is 518 g/mol. The van der Waals surface area contributed by atoms with Crippen molar-refractivity contribution in [3.8, 4) is 0 Å². The molecule has 5 atom stereocenters. The maximum absolute atomic E-state index is 14.4. The Morgan fingerprint density at radius 2 is 1.86 bits per heavy atom. The number of fused-ring (bicyclic) bond motifs is 2. The van der Waals surface area contributed by atoms with Crippen LogP contribution in [0.1, 0.15) is 66.7 Å². The van der Waals surface area contributed by atoms with Crippen molar-refractivity contribution < 1.29 is 24.2 Å². The van der Waals surface area contributed by atoms with Crippen molar-refractivity contribution in [3.05, 3.63) is 24.3 Å². The summed E-state index contributed by atoms with van der Waals surface area (Å²) in [5.41, 5.74) is -0.407. The van der Waals surface area contributed by atoms with Crippen molar-refractivity contribution in [1.82, 2.24) is 9.80 Å². The van der Waals surface area contributed by atoms with Crippen LogP contribution >= 0.6 is 11.8 Å². The van der Waals surface area contributed by atoms with Crippen LogP contribution in [0.3, 0.4) is 0 Å². The molecule has 36 heavy (non-hydrogen) atoms. The van der Waals surface area contributed by atoms with Gasteiger partial charge < -0.3 is 19.6 Å². The van der Waals surface area contributed by atoms with Crippen LogP contribution in [-0.2, 0) is 19.1 Å². The number of aliphatic hydroxyl groups excluding tert-OH is 1. The van der Waals surface area contributed by atoms with Crippen molar-refractivity contribution in [2.45, 2.75) is 88.3 Å². The van der Waals surface area contributed by atoms with Gasteiger partial charge in [-0.05, 0) is 51.4 Å². The second-order valence-electron chi connectivity index (χ2n) is 12.4. The highest BCUT2D eigenvalue weighted by Gasteiger charge is 2.71. The predicted octanol–water partition coefficient (Wildman–Crippen LogP) is 3.56. The molecule has 1 spiro atoms. The first kappa shape index (κ1) is 27.2. The fourth-order valence-corrected chi connectivity index (χ4v) is 8.84. The number of carbonyl (C=O) groups excluding carboxylic acids is 3. The first-order valence-corrected chi connectivity index (χ1v) is 14.2. The van der Waals surface area contributed by atoms with Gasteiger partial charge in [0.25, 0.3) is 0 Å². The molecule has 0 aliphatic carbocycles. The molecule has 0 aromatic heterocycles. The van der Waals surface area contributed by atoms with Crippen LogP contribution in [0.25, 0.3) is 0 Å². The smallest absolute Gasteiger partial charge is 0.311 e. The summed E-state index contributed by atoms with van der Waals surface area (Å²) in [5, 5.41) is 9.34. The summed E-state index contributed by atoms with van der Waals surface area (Å²) in [6.07, 6.45) is 12.1. The number of amides is 2. The Morgan fingerprint density at radius 1 is 1.11 bits per heavy atom. The number of ether oxygens (including phenoxy) is 1. The number of aliphatic hydroxyl groups is 1. The van der Waals surface area contributed by atoms with E-state index in [9.17, 15) is 19.5 Å². The van der Waals surface area contributed by atoms with E-state index in [0.29, 0.717) is 19.6 Å². The number of nitrogens with zero attached hydrogens (tertiary/aromatic N) is 2. The predicted molar refractivity (Wildman–Crippen MR) is 141 cm³/mol. The average Bonchev–Trinajstić information content (AvgIpc) is 3.15. The Labute approximate surface area is 219 Å². The molecule has 4 heterocycles. The number of hydrogen-bond donors (Lipinski definition) is 1. The van der Waals surface area contributed by atoms with Crippen molar-refractivity contribution in [3.63, 3.8) is 0 Å². The molecule has 1 N–H and O–H groups in total. The molecule has 4 rings (SSSR count). The van der Waals surface area contributed by atoms with E-state index in [0.717, 1.165) is 25.7 Å². The number of esters is 1. The molecule has 7 nitrogen and oxygen atoms in total. The van der Waals surface area contributed by atoms with E-state index in [1.807, 2.05) is 17.1 Å². The van der Waals surface area contributed by atoms with Crippen LogP contribution in [0.15, 0.2) is 24.3 Å². The summed E-state index contributed by atoms with van der Waals surface area (Å²) in [6, 6.07) is -0.719. The van der Waals surface area contributed by atoms with Gasteiger partial charge in [-0.1, -0.05) is 45.1 Å². The Kier molecular flexibility index (Phi) is 7.69. The molecule has 2 amide bonds. The SMILES string of the molecule is CC(C)(C)CC(C)(C)N1CC=C[C@]23S[C@@H]4/C=C\CCCCOC(=O)[C@@H]4[C@H]2C(=O)N(CCCO)C3C1=O. The fourth-order valence-electron chi connectivity index (χ4n) is 6.84. The minimum Gasteiger partial charge on any atom is -0.465 e. The quantitative estimate of drug-likeness (QED) is 0.442. The third-order valence-electron chi connectivity index (χ3n) is 7.85. The highest BCUT2D eigenvalue weighted by molar-refractivity contribution is 8.02. The normalized spacial score (nSPS) is 34.1. The van der Waals surface area contributed by atoms with Gasteiger partial charge in [0.2, 0.25) is 11.8 Å². The standard InChI is InChI=1S/C28H42N2O5S/c1-26(2,3)18-27(4,5)30-15-10-13-28-21(23(32)29(14-11-16-31)22(28)24(30)33)20-19(36-28)12-8-6-7-9-17-35-25(20)34/h8,10,12-13,19-22,31H,6-7,9,11,14-18H2,1-5H3/b12-8-/t19-,20+,21+,22?,28+/m1/s1. The Hall–Kier alpha value is -1.80. The first-order valence-electron chi connectivity index (χ1n) is 13.3. The van der Waals surface area contributed by atoms with Crippen LogP contribution in [0, 0.1) is 17.3 Å². The molecule has 0 radical (unpaired) electrons. The molecule has 8 heteroatoms. The molecular formula is C28H42N2O5S. The number of carbonyl (C=O) groups is 3. The molecule has 4 aliphatic heterocycles. The molecule has 0 aromatic carbocycles. The summed E-state index contributed by atoms with van der Waals surface area (Å²) in [5.74, 6) is -1.89. The third kappa shape index (κ3) is 4.87. The summed E-state index contributed by atoms with van der Waals surface area (Å²) >= 11 is 1.58. The van der Waals surface area contributed by atoms with Crippen LogP contribution < -0.4 is 0 Å². The van der Waals surface area contributed by atoms with Gasteiger partial charge in [0.15, 0.2) is 0 Å². The zero-order valence-electron chi connectivity index (χ0n) is 22.4. The van der Waals surface area contributed by atoms with Gasteiger partial charge in [0.1, 0.15) is 6.04 Å². The van der Waals surface area contributed by atoms with E-state index in [2.05, 4.69) is 46.8 Å². The van der Waals surface area contributed by atoms with Crippen molar-refractivity contribution in [1.29, 1.82) is 0 Å². The zero-order valence-corrected chi connectivity index (χ0v) is 23.2. The topological polar surface area (TPSA) is 87.2 Å². The Balaban J connectivity index is 1.79. The lowest BCUT2D eigenvalue weighted by atomic mass is 9.78. The zero-order chi connectivity index (χ0) is 26.3. The largest absolute Gasteiger partial charge is 0.465 e. The van der Waals surface area contributed by atoms with Gasteiger partial charge in [-0.15, -0.1) is 11.8 Å². The molecule has 2 fully saturated rings. The van der Waals surface area contributed by atoms with Gasteiger partial charge in [-0.25, -0.2) is 0 Å². The van der Waals surface area contributed by atoms with E-state index >= 15 is 0 Å². The van der Waals surface area contributed by atoms with E-state index < -0.39 is 28.2 Å². The highest BCUT2D eigenvalue weighted by Crippen LogP contribution is 2.61. The number of hydrogen-bond acceptors (Lipinski definition) is 6. The maximum Gasteiger partial charge on any atom is 0.311 e. The lowest BCUT2D eigenvalue weighted by molar-refractivity contribution is -0.153. The summed E-state index contributed by atoms with van der Waals surface area (Å²) in [7, 11) is 0. The van der Waals surface area contributed by atoms with Crippen molar-refractivity contribution in [2.24, 2.45) is 17.3 Å². The van der Waals surface area contributed by atoms with Crippen LogP contribution in [0.5, 0.6) is 0 Å². The molecule has 0 saturated carbocycles. The van der Waals surface area contributed by atoms with Crippen LogP contribution in [0.4, 0.5) is 0 Å². The van der Waals surface area contributed by atoms with E-state index in [1.54, 1.807) is 16.7 Å². The minimum atomic E-state index is -0.844. The van der Waals surface area contributed by atoms with E-state index in [1.165, 1.54) is 0 Å². The number of rotatable bonds is 5. The van der Waals surface area contributed by atoms with Gasteiger partial charge in [-0.3, -0.25) is 14.4 Å². The first-order chi connectivity index (χ1) is 16.9. The van der Waals surface area contributed by atoms with Gasteiger partial charge in [0.05, 0.1) is 23.2 Å². The summed E-state index contributed by atoms with van der Waals surface area (Å²) in [6.45, 7) is 11.7. The summed E-state index contributed by atoms with van der Waals surface area (Å²) in [4.78, 5) is 45.4. The van der Waals surface area contributed by atoms with E-state index in [-0.39, 0.29) is 41.6 Å². The second-order valence-corrected chi connectivity index (χ2v) is 13.9. The fraction of sp³-hybridized carbons (Fsp3) is 0.750. The van der Waals surface area contributed by atoms with Gasteiger partial charge >= 0.3 is 5.97 Å². The highest BCUT2D eigenvalue weighted by atomic mass is 32.2. The molecule has 2 saturated heterocycles. The number of allylic oxidation sites excluding steroid dienone is 1. The van der Waals surface area contributed by atoms with Crippen LogP contribution in [0.2, 0.25) is 0 Å². The molecule has 4 aliphatic rings.